The van der Waals surface area contributed by atoms with Crippen LogP contribution in [0.4, 0.5) is 0 Å². The molecule has 1 atom stereocenters. The molecule has 1 aliphatic heterocycles. The average Bonchev–Trinajstić information content (AvgIpc) is 2.64. The van der Waals surface area contributed by atoms with E-state index in [1.165, 1.54) is 6.08 Å². The molecule has 2 rings (SSSR count). The number of amides is 1. The Bertz CT molecular complexity index is 787. The third kappa shape index (κ3) is 7.52. The maximum atomic E-state index is 12.0. The van der Waals surface area contributed by atoms with Gasteiger partial charge in [0.05, 0.1) is 0 Å². The Labute approximate surface area is 160 Å². The van der Waals surface area contributed by atoms with Gasteiger partial charge in [-0.15, -0.1) is 0 Å². The second-order valence-corrected chi connectivity index (χ2v) is 8.48. The molecule has 0 radical (unpaired) electrons. The van der Waals surface area contributed by atoms with Crippen molar-refractivity contribution in [1.82, 2.24) is 9.62 Å². The van der Waals surface area contributed by atoms with Crippen molar-refractivity contribution >= 4 is 28.0 Å². The summed E-state index contributed by atoms with van der Waals surface area (Å²) in [5.41, 5.74) is 1.80. The van der Waals surface area contributed by atoms with Crippen LogP contribution in [-0.2, 0) is 24.3 Å². The molecular weight excluding hydrogens is 368 g/mol. The highest BCUT2D eigenvalue weighted by Gasteiger charge is 2.22. The van der Waals surface area contributed by atoms with Crippen LogP contribution in [0.5, 0.6) is 0 Å². The Hall–Kier alpha value is -2.19. The lowest BCUT2D eigenvalue weighted by Gasteiger charge is -2.30. The van der Waals surface area contributed by atoms with Crippen LogP contribution in [0.15, 0.2) is 29.7 Å². The Balaban J connectivity index is 1.75. The minimum Gasteiger partial charge on any atom is -0.455 e. The number of esters is 1. The number of sulfonamides is 1. The van der Waals surface area contributed by atoms with Crippen LogP contribution < -0.4 is 4.72 Å². The molecule has 0 bridgehead atoms. The average molecular weight is 394 g/mol. The summed E-state index contributed by atoms with van der Waals surface area (Å²) in [6, 6.07) is 7.33. The summed E-state index contributed by atoms with van der Waals surface area (Å²) < 4.78 is 30.9. The second-order valence-electron chi connectivity index (χ2n) is 6.83. The minimum atomic E-state index is -3.78. The van der Waals surface area contributed by atoms with Crippen molar-refractivity contribution in [2.75, 3.05) is 26.2 Å². The van der Waals surface area contributed by atoms with Crippen molar-refractivity contribution in [2.45, 2.75) is 26.7 Å². The zero-order chi connectivity index (χ0) is 19.9. The van der Waals surface area contributed by atoms with Crippen molar-refractivity contribution in [3.8, 4) is 0 Å². The van der Waals surface area contributed by atoms with Crippen LogP contribution in [0.3, 0.4) is 0 Å². The van der Waals surface area contributed by atoms with Crippen LogP contribution >= 0.6 is 0 Å². The minimum absolute atomic E-state index is 0.253. The summed E-state index contributed by atoms with van der Waals surface area (Å²) in [5.74, 6) is -0.608. The van der Waals surface area contributed by atoms with Gasteiger partial charge < -0.3 is 9.64 Å². The van der Waals surface area contributed by atoms with E-state index in [9.17, 15) is 18.0 Å². The van der Waals surface area contributed by atoms with Gasteiger partial charge in [0.1, 0.15) is 6.54 Å². The molecule has 8 heteroatoms. The number of nitrogens with one attached hydrogen (secondary N) is 1. The van der Waals surface area contributed by atoms with Crippen molar-refractivity contribution in [3.05, 3.63) is 40.8 Å². The highest BCUT2D eigenvalue weighted by Crippen LogP contribution is 2.15. The Morgan fingerprint density at radius 1 is 1.30 bits per heavy atom. The van der Waals surface area contributed by atoms with Gasteiger partial charge in [0.25, 0.3) is 5.91 Å². The number of ether oxygens (including phenoxy) is 1. The quantitative estimate of drug-likeness (QED) is 0.711. The first-order valence-corrected chi connectivity index (χ1v) is 10.5. The lowest BCUT2D eigenvalue weighted by Crippen LogP contribution is -2.41. The number of nitrogens with zero attached hydrogens (tertiary/aromatic N) is 1. The normalized spacial score (nSPS) is 17.9. The van der Waals surface area contributed by atoms with Gasteiger partial charge in [0, 0.05) is 18.5 Å². The molecular formula is C19H26N2O5S. The molecule has 1 heterocycles. The van der Waals surface area contributed by atoms with E-state index in [1.807, 2.05) is 19.1 Å². The number of rotatable bonds is 7. The van der Waals surface area contributed by atoms with Crippen LogP contribution in [-0.4, -0.2) is 51.4 Å². The third-order valence-electron chi connectivity index (χ3n) is 4.30. The van der Waals surface area contributed by atoms with E-state index < -0.39 is 22.5 Å². The molecule has 1 saturated heterocycles. The first kappa shape index (κ1) is 21.1. The fraction of sp³-hybridized carbons (Fsp3) is 0.474. The number of benzene rings is 1. The van der Waals surface area contributed by atoms with Crippen LogP contribution in [0.1, 0.15) is 30.9 Å². The van der Waals surface area contributed by atoms with Crippen molar-refractivity contribution < 1.29 is 22.7 Å². The van der Waals surface area contributed by atoms with E-state index in [-0.39, 0.29) is 12.5 Å². The molecule has 7 nitrogen and oxygen atoms in total. The molecule has 1 fully saturated rings. The molecule has 0 spiro atoms. The summed E-state index contributed by atoms with van der Waals surface area (Å²) in [6.07, 6.45) is 3.46. The standard InChI is InChI=1S/C19H26N2O5S/c1-15-5-7-17(8-6-15)9-11-27(24,25)20-12-19(23)26-14-18(22)21-10-3-4-16(2)13-21/h5-9,11,16,20H,3-4,10,12-14H2,1-2H3/b11-9+/t16-/m0/s1. The number of hydrogen-bond acceptors (Lipinski definition) is 5. The topological polar surface area (TPSA) is 92.8 Å². The Kier molecular flexibility index (Phi) is 7.55. The van der Waals surface area contributed by atoms with Gasteiger partial charge in [-0.05, 0) is 37.3 Å². The monoisotopic (exact) mass is 394 g/mol. The van der Waals surface area contributed by atoms with Crippen molar-refractivity contribution in [1.29, 1.82) is 0 Å². The third-order valence-corrected chi connectivity index (χ3v) is 5.34. The first-order valence-electron chi connectivity index (χ1n) is 8.93. The molecule has 1 N–H and O–H groups in total. The fourth-order valence-electron chi connectivity index (χ4n) is 2.75. The molecule has 1 aliphatic rings. The van der Waals surface area contributed by atoms with Gasteiger partial charge in [-0.2, -0.15) is 0 Å². The molecule has 0 aliphatic carbocycles. The Morgan fingerprint density at radius 3 is 2.67 bits per heavy atom. The van der Waals surface area contributed by atoms with Crippen molar-refractivity contribution in [2.24, 2.45) is 5.92 Å². The van der Waals surface area contributed by atoms with Crippen LogP contribution in [0, 0.1) is 12.8 Å². The van der Waals surface area contributed by atoms with E-state index in [2.05, 4.69) is 11.6 Å². The van der Waals surface area contributed by atoms with Gasteiger partial charge >= 0.3 is 5.97 Å². The SMILES string of the molecule is Cc1ccc(/C=C/S(=O)(=O)NCC(=O)OCC(=O)N2CCC[C@H](C)C2)cc1. The predicted molar refractivity (Wildman–Crippen MR) is 103 cm³/mol. The lowest BCUT2D eigenvalue weighted by atomic mass is 10.0. The van der Waals surface area contributed by atoms with E-state index >= 15 is 0 Å². The highest BCUT2D eigenvalue weighted by atomic mass is 32.2. The summed E-state index contributed by atoms with van der Waals surface area (Å²) in [4.78, 5) is 25.4. The maximum Gasteiger partial charge on any atom is 0.321 e. The molecule has 1 aromatic rings. The van der Waals surface area contributed by atoms with Gasteiger partial charge in [-0.25, -0.2) is 13.1 Å². The number of likely N-dealkylation sites (tertiary alicyclic amines) is 1. The van der Waals surface area contributed by atoms with E-state index in [4.69, 9.17) is 4.74 Å². The summed E-state index contributed by atoms with van der Waals surface area (Å²) in [5, 5.41) is 0.991. The van der Waals surface area contributed by atoms with E-state index in [0.717, 1.165) is 29.4 Å². The van der Waals surface area contributed by atoms with Crippen molar-refractivity contribution in [3.63, 3.8) is 0 Å². The molecule has 148 valence electrons. The molecule has 1 amide bonds. The van der Waals surface area contributed by atoms with Crippen LogP contribution in [0.25, 0.3) is 6.08 Å². The highest BCUT2D eigenvalue weighted by molar-refractivity contribution is 7.92. The van der Waals surface area contributed by atoms with E-state index in [0.29, 0.717) is 19.0 Å². The molecule has 0 aromatic heterocycles. The number of carbonyl (C=O) groups is 2. The zero-order valence-corrected chi connectivity index (χ0v) is 16.5. The predicted octanol–water partition coefficient (Wildman–Crippen LogP) is 1.69. The smallest absolute Gasteiger partial charge is 0.321 e. The number of hydrogen-bond donors (Lipinski definition) is 1. The molecule has 0 saturated carbocycles. The number of aryl methyl sites for hydroxylation is 1. The van der Waals surface area contributed by atoms with E-state index in [1.54, 1.807) is 17.0 Å². The molecule has 0 unspecified atom stereocenters. The van der Waals surface area contributed by atoms with Gasteiger partial charge in [-0.3, -0.25) is 9.59 Å². The second kappa shape index (κ2) is 9.66. The first-order chi connectivity index (χ1) is 12.7. The fourth-order valence-corrected chi connectivity index (χ4v) is 3.51. The maximum absolute atomic E-state index is 12.0. The zero-order valence-electron chi connectivity index (χ0n) is 15.7. The largest absolute Gasteiger partial charge is 0.455 e. The number of piperidine rings is 1. The summed E-state index contributed by atoms with van der Waals surface area (Å²) in [7, 11) is -3.78. The molecule has 1 aromatic carbocycles. The number of carbonyl (C=O) groups excluding carboxylic acids is 2. The summed E-state index contributed by atoms with van der Waals surface area (Å²) >= 11 is 0. The van der Waals surface area contributed by atoms with Gasteiger partial charge in [-0.1, -0.05) is 36.8 Å². The molecule has 27 heavy (non-hydrogen) atoms. The van der Waals surface area contributed by atoms with Gasteiger partial charge in [0.2, 0.25) is 10.0 Å². The summed E-state index contributed by atoms with van der Waals surface area (Å²) in [6.45, 7) is 4.44. The van der Waals surface area contributed by atoms with Crippen LogP contribution in [0.2, 0.25) is 0 Å². The Morgan fingerprint density at radius 2 is 2.00 bits per heavy atom. The lowest BCUT2D eigenvalue weighted by molar-refractivity contribution is -0.151. The van der Waals surface area contributed by atoms with Gasteiger partial charge in [0.15, 0.2) is 6.61 Å².